The summed E-state index contributed by atoms with van der Waals surface area (Å²) in [6.45, 7) is 8.15. The molecule has 2 aromatic rings. The first-order chi connectivity index (χ1) is 14.7. The van der Waals surface area contributed by atoms with Gasteiger partial charge in [0, 0.05) is 51.7 Å². The van der Waals surface area contributed by atoms with Crippen LogP contribution < -0.4 is 19.7 Å². The van der Waals surface area contributed by atoms with Gasteiger partial charge < -0.3 is 24.6 Å². The topological polar surface area (TPSA) is 75.1 Å². The molecule has 1 N–H and O–H groups in total. The van der Waals surface area contributed by atoms with E-state index in [1.165, 1.54) is 0 Å². The van der Waals surface area contributed by atoms with Crippen molar-refractivity contribution in [3.63, 3.8) is 0 Å². The van der Waals surface area contributed by atoms with Crippen molar-refractivity contribution >= 4 is 47.5 Å². The number of nitrogens with zero attached hydrogens (tertiary/aromatic N) is 5. The Kier molecular flexibility index (Phi) is 8.82. The van der Waals surface area contributed by atoms with Crippen molar-refractivity contribution in [3.8, 4) is 11.5 Å². The van der Waals surface area contributed by atoms with Crippen LogP contribution in [0.2, 0.25) is 5.02 Å². The average molecular weight is 559 g/mol. The molecule has 2 aliphatic rings. The first-order valence-corrected chi connectivity index (χ1v) is 10.8. The van der Waals surface area contributed by atoms with Gasteiger partial charge in [0.1, 0.15) is 13.2 Å². The van der Waals surface area contributed by atoms with Crippen LogP contribution in [0.25, 0.3) is 0 Å². The van der Waals surface area contributed by atoms with Gasteiger partial charge in [0.05, 0.1) is 5.02 Å². The zero-order chi connectivity index (χ0) is 20.8. The highest BCUT2D eigenvalue weighted by Gasteiger charge is 2.21. The molecule has 0 bridgehead atoms. The summed E-state index contributed by atoms with van der Waals surface area (Å²) in [4.78, 5) is 18.0. The maximum Gasteiger partial charge on any atom is 0.225 e. The lowest BCUT2D eigenvalue weighted by atomic mass is 10.1. The van der Waals surface area contributed by atoms with Crippen molar-refractivity contribution in [3.05, 3.63) is 41.2 Å². The van der Waals surface area contributed by atoms with E-state index < -0.39 is 0 Å². The molecule has 0 unspecified atom stereocenters. The number of rotatable bonds is 5. The summed E-state index contributed by atoms with van der Waals surface area (Å²) in [6.07, 6.45) is 4.35. The number of hydrogen-bond acceptors (Lipinski definition) is 6. The summed E-state index contributed by atoms with van der Waals surface area (Å²) < 4.78 is 11.3. The van der Waals surface area contributed by atoms with E-state index >= 15 is 0 Å². The Morgan fingerprint density at radius 1 is 1.13 bits per heavy atom. The number of hydrogen-bond donors (Lipinski definition) is 1. The SMILES string of the molecule is CCNC(=NCCc1cc(Cl)c2c(c1)OCCO2)N1CCN(c2ncccn2)CC1.I. The molecule has 1 saturated heterocycles. The Hall–Kier alpha value is -2.01. The van der Waals surface area contributed by atoms with Crippen molar-refractivity contribution in [1.29, 1.82) is 0 Å². The van der Waals surface area contributed by atoms with E-state index in [-0.39, 0.29) is 24.0 Å². The molecule has 10 heteroatoms. The number of aromatic nitrogens is 2. The average Bonchev–Trinajstić information content (AvgIpc) is 2.79. The Morgan fingerprint density at radius 2 is 1.87 bits per heavy atom. The first kappa shape index (κ1) is 23.6. The molecular formula is C21H28ClIN6O2. The predicted octanol–water partition coefficient (Wildman–Crippen LogP) is 2.85. The predicted molar refractivity (Wildman–Crippen MR) is 133 cm³/mol. The van der Waals surface area contributed by atoms with E-state index in [0.717, 1.165) is 62.4 Å². The van der Waals surface area contributed by atoms with E-state index in [9.17, 15) is 0 Å². The van der Waals surface area contributed by atoms with Gasteiger partial charge in [-0.3, -0.25) is 4.99 Å². The summed E-state index contributed by atoms with van der Waals surface area (Å²) in [5, 5.41) is 4.00. The van der Waals surface area contributed by atoms with Crippen LogP contribution in [0.3, 0.4) is 0 Å². The lowest BCUT2D eigenvalue weighted by Gasteiger charge is -2.36. The van der Waals surface area contributed by atoms with Crippen LogP contribution in [0.5, 0.6) is 11.5 Å². The summed E-state index contributed by atoms with van der Waals surface area (Å²) in [6, 6.07) is 5.78. The molecule has 4 rings (SSSR count). The minimum absolute atomic E-state index is 0. The molecule has 0 amide bonds. The number of fused-ring (bicyclic) bond motifs is 1. The van der Waals surface area contributed by atoms with Gasteiger partial charge in [0.2, 0.25) is 5.95 Å². The van der Waals surface area contributed by atoms with Crippen LogP contribution in [-0.2, 0) is 6.42 Å². The number of piperazine rings is 1. The molecular weight excluding hydrogens is 531 g/mol. The van der Waals surface area contributed by atoms with Crippen molar-refractivity contribution in [2.75, 3.05) is 57.4 Å². The molecule has 2 aliphatic heterocycles. The number of benzene rings is 1. The molecule has 1 aromatic heterocycles. The Bertz CT molecular complexity index is 878. The second-order valence-electron chi connectivity index (χ2n) is 7.11. The second-order valence-corrected chi connectivity index (χ2v) is 7.52. The molecule has 0 radical (unpaired) electrons. The highest BCUT2D eigenvalue weighted by molar-refractivity contribution is 14.0. The number of ether oxygens (including phenoxy) is 2. The van der Waals surface area contributed by atoms with Crippen molar-refractivity contribution in [1.82, 2.24) is 20.2 Å². The standard InChI is InChI=1S/C21H27ClN6O2.HI/c1-2-23-20(27-8-10-28(11-9-27)21-24-5-3-6-25-21)26-7-4-16-14-17(22)19-18(15-16)29-12-13-30-19;/h3,5-6,14-15H,2,4,7-13H2,1H3,(H,23,26);1H. The van der Waals surface area contributed by atoms with Crippen LogP contribution in [0, 0.1) is 0 Å². The van der Waals surface area contributed by atoms with Crippen LogP contribution in [0.1, 0.15) is 12.5 Å². The molecule has 3 heterocycles. The van der Waals surface area contributed by atoms with Gasteiger partial charge in [-0.1, -0.05) is 11.6 Å². The highest BCUT2D eigenvalue weighted by atomic mass is 127. The number of aliphatic imine (C=N–C) groups is 1. The zero-order valence-corrected chi connectivity index (χ0v) is 20.7. The maximum atomic E-state index is 6.35. The zero-order valence-electron chi connectivity index (χ0n) is 17.6. The third-order valence-corrected chi connectivity index (χ3v) is 5.35. The molecule has 8 nitrogen and oxygen atoms in total. The fourth-order valence-corrected chi connectivity index (χ4v) is 3.89. The molecule has 0 atom stereocenters. The van der Waals surface area contributed by atoms with Crippen molar-refractivity contribution in [2.24, 2.45) is 4.99 Å². The summed E-state index contributed by atoms with van der Waals surface area (Å²) >= 11 is 6.35. The summed E-state index contributed by atoms with van der Waals surface area (Å²) in [7, 11) is 0. The largest absolute Gasteiger partial charge is 0.486 e. The highest BCUT2D eigenvalue weighted by Crippen LogP contribution is 2.38. The molecule has 1 fully saturated rings. The fraction of sp³-hybridized carbons (Fsp3) is 0.476. The van der Waals surface area contributed by atoms with Gasteiger partial charge in [-0.15, -0.1) is 24.0 Å². The monoisotopic (exact) mass is 558 g/mol. The van der Waals surface area contributed by atoms with Crippen molar-refractivity contribution in [2.45, 2.75) is 13.3 Å². The lowest BCUT2D eigenvalue weighted by Crippen LogP contribution is -2.53. The molecule has 0 saturated carbocycles. The maximum absolute atomic E-state index is 6.35. The van der Waals surface area contributed by atoms with Gasteiger partial charge in [-0.2, -0.15) is 0 Å². The Morgan fingerprint density at radius 3 is 2.61 bits per heavy atom. The molecule has 1 aromatic carbocycles. The smallest absolute Gasteiger partial charge is 0.225 e. The Labute approximate surface area is 205 Å². The van der Waals surface area contributed by atoms with E-state index in [1.807, 2.05) is 18.2 Å². The number of halogens is 2. The number of nitrogens with one attached hydrogen (secondary N) is 1. The first-order valence-electron chi connectivity index (χ1n) is 10.4. The third kappa shape index (κ3) is 6.03. The third-order valence-electron chi connectivity index (χ3n) is 5.07. The fourth-order valence-electron chi connectivity index (χ4n) is 3.60. The van der Waals surface area contributed by atoms with E-state index in [0.29, 0.717) is 30.5 Å². The summed E-state index contributed by atoms with van der Waals surface area (Å²) in [5.41, 5.74) is 1.09. The van der Waals surface area contributed by atoms with Crippen LogP contribution >= 0.6 is 35.6 Å². The lowest BCUT2D eigenvalue weighted by molar-refractivity contribution is 0.171. The van der Waals surface area contributed by atoms with Gasteiger partial charge in [-0.05, 0) is 37.1 Å². The normalized spacial score (nSPS) is 16.0. The van der Waals surface area contributed by atoms with Crippen LogP contribution in [0.15, 0.2) is 35.6 Å². The minimum atomic E-state index is 0. The van der Waals surface area contributed by atoms with Crippen LogP contribution in [-0.4, -0.2) is 73.3 Å². The Balaban J connectivity index is 0.00000272. The van der Waals surface area contributed by atoms with E-state index in [4.69, 9.17) is 26.1 Å². The number of anilines is 1. The van der Waals surface area contributed by atoms with Gasteiger partial charge >= 0.3 is 0 Å². The van der Waals surface area contributed by atoms with Gasteiger partial charge in [0.15, 0.2) is 17.5 Å². The molecule has 31 heavy (non-hydrogen) atoms. The molecule has 0 aliphatic carbocycles. The van der Waals surface area contributed by atoms with Gasteiger partial charge in [-0.25, -0.2) is 9.97 Å². The quantitative estimate of drug-likeness (QED) is 0.344. The van der Waals surface area contributed by atoms with Gasteiger partial charge in [0.25, 0.3) is 0 Å². The minimum Gasteiger partial charge on any atom is -0.486 e. The second kappa shape index (κ2) is 11.6. The van der Waals surface area contributed by atoms with Crippen molar-refractivity contribution < 1.29 is 9.47 Å². The van der Waals surface area contributed by atoms with E-state index in [2.05, 4.69) is 32.0 Å². The summed E-state index contributed by atoms with van der Waals surface area (Å²) in [5.74, 6) is 3.09. The van der Waals surface area contributed by atoms with E-state index in [1.54, 1.807) is 12.4 Å². The molecule has 168 valence electrons. The van der Waals surface area contributed by atoms with Crippen LogP contribution in [0.4, 0.5) is 5.95 Å². The molecule has 0 spiro atoms. The number of guanidine groups is 1.